The molecule has 4 atom stereocenters. The van der Waals surface area contributed by atoms with Gasteiger partial charge in [0.2, 0.25) is 17.7 Å². The molecular weight excluding hydrogens is 715 g/mol. The number of ether oxygens (including phenoxy) is 2. The highest BCUT2D eigenvalue weighted by molar-refractivity contribution is 7.99. The summed E-state index contributed by atoms with van der Waals surface area (Å²) in [4.78, 5) is 78.5. The smallest absolute Gasteiger partial charge is 0.408 e. The van der Waals surface area contributed by atoms with Crippen molar-refractivity contribution < 1.29 is 43.3 Å². The predicted molar refractivity (Wildman–Crippen MR) is 206 cm³/mol. The van der Waals surface area contributed by atoms with E-state index in [2.05, 4.69) is 26.3 Å². The van der Waals surface area contributed by atoms with E-state index in [1.807, 2.05) is 62.4 Å². The zero-order valence-corrected chi connectivity index (χ0v) is 32.8. The van der Waals surface area contributed by atoms with E-state index in [0.29, 0.717) is 30.2 Å². The number of rotatable bonds is 20. The van der Waals surface area contributed by atoms with Crippen LogP contribution in [0.4, 0.5) is 4.79 Å². The van der Waals surface area contributed by atoms with E-state index in [1.165, 1.54) is 18.7 Å². The number of amides is 4. The maximum absolute atomic E-state index is 13.5. The summed E-state index contributed by atoms with van der Waals surface area (Å²) in [5, 5.41) is 20.8. The quantitative estimate of drug-likeness (QED) is 0.0872. The molecule has 1 heterocycles. The molecule has 14 nitrogen and oxygen atoms in total. The lowest BCUT2D eigenvalue weighted by molar-refractivity contribution is -0.138. The molecule has 54 heavy (non-hydrogen) atoms. The molecule has 0 aliphatic heterocycles. The zero-order chi connectivity index (χ0) is 40.0. The van der Waals surface area contributed by atoms with Gasteiger partial charge in [-0.15, -0.1) is 11.8 Å². The number of fused-ring (bicyclic) bond motifs is 1. The molecule has 0 spiro atoms. The van der Waals surface area contributed by atoms with Gasteiger partial charge in [0.15, 0.2) is 5.78 Å². The standard InChI is InChI=1S/C39H53N5O9S/c1-8-23(3)34(36(50)41-20-33(47)48)44-32(46)19-40-35(49)26(9-2)17-29-28-16-15-27(52-21-25-13-11-10-12-14-25)18-30(28)42-37(29)54-22-31(24(4)45)43-38(51)53-39(5,6)7/h10-16,18,23,26,31,34,42H,8-9,17,19-22H2,1-7H3,(H,40,49)(H,41,50)(H,43,51)(H,44,46)(H,47,48)/t23-,26-,31-,34-/m0/s1. The number of ketones is 1. The number of nitrogens with one attached hydrogen (secondary N) is 5. The molecule has 0 saturated carbocycles. The summed E-state index contributed by atoms with van der Waals surface area (Å²) in [5.41, 5.74) is 1.84. The SMILES string of the molecule is CC[C@@H](Cc1c(SC[C@H](NC(=O)OC(C)(C)C)C(C)=O)[nH]c2cc(OCc3ccccc3)ccc12)C(=O)NCC(=O)N[C@H](C(=O)NCC(=O)O)[C@@H](C)CC. The summed E-state index contributed by atoms with van der Waals surface area (Å²) in [6.45, 7) is 11.5. The van der Waals surface area contributed by atoms with Gasteiger partial charge in [-0.1, -0.05) is 57.5 Å². The molecule has 4 amide bonds. The first-order valence-corrected chi connectivity index (χ1v) is 19.0. The number of carboxylic acid groups (broad SMARTS) is 1. The van der Waals surface area contributed by atoms with E-state index < -0.39 is 54.0 Å². The number of Topliss-reactive ketones (excluding diaryl/α,β-unsaturated/α-hetero) is 1. The van der Waals surface area contributed by atoms with E-state index in [-0.39, 0.29) is 36.3 Å². The van der Waals surface area contributed by atoms with Crippen LogP contribution in [0, 0.1) is 11.8 Å². The summed E-state index contributed by atoms with van der Waals surface area (Å²) in [7, 11) is 0. The molecule has 294 valence electrons. The molecule has 0 radical (unpaired) electrons. The minimum atomic E-state index is -1.21. The highest BCUT2D eigenvalue weighted by Gasteiger charge is 2.28. The van der Waals surface area contributed by atoms with E-state index in [0.717, 1.165) is 22.0 Å². The van der Waals surface area contributed by atoms with Crippen LogP contribution in [0.5, 0.6) is 5.75 Å². The van der Waals surface area contributed by atoms with Gasteiger partial charge in [0.25, 0.3) is 0 Å². The topological polar surface area (TPSA) is 205 Å². The van der Waals surface area contributed by atoms with Crippen molar-refractivity contribution in [2.45, 2.75) is 97.0 Å². The number of carbonyl (C=O) groups is 6. The van der Waals surface area contributed by atoms with Gasteiger partial charge in [0, 0.05) is 23.1 Å². The Kier molecular flexibility index (Phi) is 16.4. The maximum Gasteiger partial charge on any atom is 0.408 e. The van der Waals surface area contributed by atoms with Crippen molar-refractivity contribution in [1.82, 2.24) is 26.3 Å². The lowest BCUT2D eigenvalue weighted by atomic mass is 9.95. The van der Waals surface area contributed by atoms with Crippen molar-refractivity contribution >= 4 is 58.2 Å². The fourth-order valence-corrected chi connectivity index (χ4v) is 6.62. The van der Waals surface area contributed by atoms with Gasteiger partial charge in [0.1, 0.15) is 30.5 Å². The van der Waals surface area contributed by atoms with Crippen LogP contribution >= 0.6 is 11.8 Å². The van der Waals surface area contributed by atoms with Crippen LogP contribution in [0.2, 0.25) is 0 Å². The number of carboxylic acids is 1. The molecule has 6 N–H and O–H groups in total. The van der Waals surface area contributed by atoms with Gasteiger partial charge in [-0.2, -0.15) is 0 Å². The van der Waals surface area contributed by atoms with Crippen LogP contribution in [-0.4, -0.2) is 82.2 Å². The number of thioether (sulfide) groups is 1. The Morgan fingerprint density at radius 1 is 0.907 bits per heavy atom. The molecule has 0 aliphatic carbocycles. The van der Waals surface area contributed by atoms with Crippen molar-refractivity contribution in [2.75, 3.05) is 18.8 Å². The van der Waals surface area contributed by atoms with Gasteiger partial charge < -0.3 is 40.8 Å². The number of aliphatic carboxylic acids is 1. The van der Waals surface area contributed by atoms with Crippen LogP contribution in [0.15, 0.2) is 53.6 Å². The second kappa shape index (κ2) is 20.4. The number of H-pyrrole nitrogens is 1. The molecule has 1 aromatic heterocycles. The number of hydrogen-bond acceptors (Lipinski definition) is 9. The van der Waals surface area contributed by atoms with Gasteiger partial charge >= 0.3 is 12.1 Å². The fourth-order valence-electron chi connectivity index (χ4n) is 5.42. The summed E-state index contributed by atoms with van der Waals surface area (Å²) in [6, 6.07) is 13.6. The third-order valence-corrected chi connectivity index (χ3v) is 9.76. The lowest BCUT2D eigenvalue weighted by Crippen LogP contribution is -2.53. The number of benzene rings is 2. The molecule has 3 rings (SSSR count). The molecule has 0 aliphatic rings. The molecule has 2 aromatic carbocycles. The third-order valence-electron chi connectivity index (χ3n) is 8.63. The number of carbonyl (C=O) groups excluding carboxylic acids is 5. The minimum absolute atomic E-state index is 0.187. The Bertz CT molecular complexity index is 1770. The van der Waals surface area contributed by atoms with Crippen molar-refractivity contribution in [3.8, 4) is 5.75 Å². The van der Waals surface area contributed by atoms with Crippen molar-refractivity contribution in [2.24, 2.45) is 11.8 Å². The van der Waals surface area contributed by atoms with Crippen LogP contribution in [0.1, 0.15) is 72.4 Å². The van der Waals surface area contributed by atoms with E-state index >= 15 is 0 Å². The van der Waals surface area contributed by atoms with Crippen molar-refractivity contribution in [3.05, 3.63) is 59.7 Å². The van der Waals surface area contributed by atoms with E-state index in [9.17, 15) is 28.8 Å². The first-order valence-electron chi connectivity index (χ1n) is 18.0. The number of hydrogen-bond donors (Lipinski definition) is 6. The first-order chi connectivity index (χ1) is 25.5. The second-order valence-corrected chi connectivity index (χ2v) is 15.1. The summed E-state index contributed by atoms with van der Waals surface area (Å²) in [6.07, 6.45) is 0.564. The van der Waals surface area contributed by atoms with E-state index in [4.69, 9.17) is 14.6 Å². The largest absolute Gasteiger partial charge is 0.489 e. The number of alkyl carbamates (subject to hydrolysis) is 1. The van der Waals surface area contributed by atoms with Crippen LogP contribution in [-0.2, 0) is 41.7 Å². The molecule has 3 aromatic rings. The number of aromatic nitrogens is 1. The van der Waals surface area contributed by atoms with Crippen molar-refractivity contribution in [3.63, 3.8) is 0 Å². The van der Waals surface area contributed by atoms with Crippen LogP contribution in [0.3, 0.4) is 0 Å². The molecule has 0 fully saturated rings. The molecule has 15 heteroatoms. The average molecular weight is 768 g/mol. The Hall–Kier alpha value is -5.05. The van der Waals surface area contributed by atoms with Gasteiger partial charge in [0.05, 0.1) is 23.1 Å². The Labute approximate surface area is 320 Å². The van der Waals surface area contributed by atoms with Gasteiger partial charge in [-0.25, -0.2) is 4.79 Å². The molecule has 0 saturated heterocycles. The Morgan fingerprint density at radius 2 is 1.59 bits per heavy atom. The normalized spacial score (nSPS) is 13.5. The Balaban J connectivity index is 1.81. The number of aromatic amines is 1. The summed E-state index contributed by atoms with van der Waals surface area (Å²) >= 11 is 1.33. The van der Waals surface area contributed by atoms with Crippen LogP contribution < -0.4 is 26.0 Å². The van der Waals surface area contributed by atoms with E-state index in [1.54, 1.807) is 27.7 Å². The third kappa shape index (κ3) is 13.7. The zero-order valence-electron chi connectivity index (χ0n) is 32.0. The monoisotopic (exact) mass is 767 g/mol. The Morgan fingerprint density at radius 3 is 2.20 bits per heavy atom. The van der Waals surface area contributed by atoms with Gasteiger partial charge in [-0.3, -0.25) is 24.0 Å². The molecule has 0 bridgehead atoms. The lowest BCUT2D eigenvalue weighted by Gasteiger charge is -2.23. The van der Waals surface area contributed by atoms with Gasteiger partial charge in [-0.05, 0) is 69.7 Å². The summed E-state index contributed by atoms with van der Waals surface area (Å²) < 4.78 is 11.4. The predicted octanol–water partition coefficient (Wildman–Crippen LogP) is 4.74. The second-order valence-electron chi connectivity index (χ2n) is 14.1. The van der Waals surface area contributed by atoms with Crippen molar-refractivity contribution in [1.29, 1.82) is 0 Å². The minimum Gasteiger partial charge on any atom is -0.489 e. The first kappa shape index (κ1) is 43.4. The maximum atomic E-state index is 13.5. The highest BCUT2D eigenvalue weighted by Crippen LogP contribution is 2.35. The molecular formula is C39H53N5O9S. The van der Waals surface area contributed by atoms with Crippen LogP contribution in [0.25, 0.3) is 10.9 Å². The summed E-state index contributed by atoms with van der Waals surface area (Å²) in [5.74, 6) is -3.06. The average Bonchev–Trinajstić information content (AvgIpc) is 3.46. The highest BCUT2D eigenvalue weighted by atomic mass is 32.2. The fraction of sp³-hybridized carbons (Fsp3) is 0.487. The molecule has 0 unspecified atom stereocenters.